The largest absolute Gasteiger partial charge is 0.489 e. The molecule has 0 unspecified atom stereocenters. The fourth-order valence-electron chi connectivity index (χ4n) is 1.67. The maximum absolute atomic E-state index is 5.75. The highest BCUT2D eigenvalue weighted by molar-refractivity contribution is 9.10. The van der Waals surface area contributed by atoms with Crippen LogP contribution in [0.15, 0.2) is 28.8 Å². The summed E-state index contributed by atoms with van der Waals surface area (Å²) in [4.78, 5) is 0. The summed E-state index contributed by atoms with van der Waals surface area (Å²) in [6.45, 7) is 12.7. The minimum Gasteiger partial charge on any atom is -0.489 e. The smallest absolute Gasteiger partial charge is 0.120 e. The van der Waals surface area contributed by atoms with Crippen LogP contribution in [0.5, 0.6) is 5.75 Å². The monoisotopic (exact) mass is 311 g/mol. The second-order valence-electron chi connectivity index (χ2n) is 4.59. The molecule has 1 rings (SSSR count). The van der Waals surface area contributed by atoms with Gasteiger partial charge in [0, 0.05) is 11.0 Å². The molecule has 0 heterocycles. The maximum atomic E-state index is 5.75. The molecule has 0 radical (unpaired) electrons. The topological polar surface area (TPSA) is 21.3 Å². The molecule has 2 nitrogen and oxygen atoms in total. The number of halogens is 1. The van der Waals surface area contributed by atoms with Crippen LogP contribution in [0.4, 0.5) is 0 Å². The summed E-state index contributed by atoms with van der Waals surface area (Å²) in [6, 6.07) is 4.09. The molecule has 0 atom stereocenters. The highest BCUT2D eigenvalue weighted by Gasteiger charge is 2.03. The van der Waals surface area contributed by atoms with E-state index < -0.39 is 0 Å². The fourth-order valence-corrected chi connectivity index (χ4v) is 1.90. The number of rotatable bonds is 7. The Hall–Kier alpha value is -0.800. The van der Waals surface area contributed by atoms with Crippen molar-refractivity contribution in [3.8, 4) is 5.75 Å². The summed E-state index contributed by atoms with van der Waals surface area (Å²) in [5, 5.41) is 3.32. The summed E-state index contributed by atoms with van der Waals surface area (Å²) in [5.74, 6) is 0.907. The number of nitrogens with one attached hydrogen (secondary N) is 1. The number of hydrogen-bond acceptors (Lipinski definition) is 2. The van der Waals surface area contributed by atoms with Gasteiger partial charge >= 0.3 is 0 Å². The second kappa shape index (κ2) is 7.59. The van der Waals surface area contributed by atoms with Gasteiger partial charge in [0.05, 0.1) is 0 Å². The molecular formula is C15H22BrNO. The highest BCUT2D eigenvalue weighted by atomic mass is 79.9. The van der Waals surface area contributed by atoms with E-state index in [0.29, 0.717) is 6.61 Å². The minimum absolute atomic E-state index is 0.567. The van der Waals surface area contributed by atoms with Gasteiger partial charge in [-0.05, 0) is 55.6 Å². The number of aryl methyl sites for hydroxylation is 2. The van der Waals surface area contributed by atoms with Crippen molar-refractivity contribution in [2.75, 3.05) is 19.7 Å². The molecule has 3 heteroatoms. The van der Waals surface area contributed by atoms with Crippen molar-refractivity contribution in [1.82, 2.24) is 5.32 Å². The van der Waals surface area contributed by atoms with E-state index in [4.69, 9.17) is 4.74 Å². The molecule has 0 bridgehead atoms. The molecule has 0 aliphatic heterocycles. The molecule has 0 spiro atoms. The van der Waals surface area contributed by atoms with E-state index in [0.717, 1.165) is 35.3 Å². The SMILES string of the molecule is C=C(CNCCC)COc1cc(C)c(Br)c(C)c1. The summed E-state index contributed by atoms with van der Waals surface area (Å²) in [6.07, 6.45) is 1.14. The van der Waals surface area contributed by atoms with Gasteiger partial charge in [0.15, 0.2) is 0 Å². The number of benzene rings is 1. The first kappa shape index (κ1) is 15.3. The lowest BCUT2D eigenvalue weighted by atomic mass is 10.1. The lowest BCUT2D eigenvalue weighted by Gasteiger charge is -2.12. The third-order valence-electron chi connectivity index (χ3n) is 2.65. The Bertz CT molecular complexity index is 392. The number of hydrogen-bond donors (Lipinski definition) is 1. The molecule has 0 saturated heterocycles. The van der Waals surface area contributed by atoms with Crippen molar-refractivity contribution in [3.05, 3.63) is 39.9 Å². The standard InChI is InChI=1S/C15H22BrNO/c1-5-6-17-9-11(2)10-18-14-7-12(3)15(16)13(4)8-14/h7-8,17H,2,5-6,9-10H2,1,3-4H3. The van der Waals surface area contributed by atoms with E-state index >= 15 is 0 Å². The predicted molar refractivity (Wildman–Crippen MR) is 81.4 cm³/mol. The molecule has 0 saturated carbocycles. The maximum Gasteiger partial charge on any atom is 0.120 e. The third kappa shape index (κ3) is 4.83. The number of ether oxygens (including phenoxy) is 1. The van der Waals surface area contributed by atoms with Crippen LogP contribution < -0.4 is 10.1 Å². The van der Waals surface area contributed by atoms with E-state index in [2.05, 4.69) is 48.6 Å². The Balaban J connectivity index is 2.46. The first-order valence-corrected chi connectivity index (χ1v) is 7.10. The first-order chi connectivity index (χ1) is 8.54. The lowest BCUT2D eigenvalue weighted by Crippen LogP contribution is -2.20. The lowest BCUT2D eigenvalue weighted by molar-refractivity contribution is 0.348. The molecule has 0 aliphatic rings. The Morgan fingerprint density at radius 1 is 1.33 bits per heavy atom. The second-order valence-corrected chi connectivity index (χ2v) is 5.38. The van der Waals surface area contributed by atoms with Gasteiger partial charge in [-0.15, -0.1) is 0 Å². The summed E-state index contributed by atoms with van der Waals surface area (Å²) < 4.78 is 6.91. The molecule has 18 heavy (non-hydrogen) atoms. The van der Waals surface area contributed by atoms with Gasteiger partial charge < -0.3 is 10.1 Å². The van der Waals surface area contributed by atoms with Gasteiger partial charge in [-0.2, -0.15) is 0 Å². The van der Waals surface area contributed by atoms with Crippen LogP contribution >= 0.6 is 15.9 Å². The molecule has 0 fully saturated rings. The average molecular weight is 312 g/mol. The van der Waals surface area contributed by atoms with Crippen LogP contribution in [-0.2, 0) is 0 Å². The summed E-state index contributed by atoms with van der Waals surface area (Å²) in [7, 11) is 0. The molecule has 100 valence electrons. The molecule has 1 aromatic rings. The molecule has 1 aromatic carbocycles. The molecule has 0 amide bonds. The first-order valence-electron chi connectivity index (χ1n) is 6.31. The predicted octanol–water partition coefficient (Wildman–Crippen LogP) is 4.00. The third-order valence-corrected chi connectivity index (χ3v) is 3.91. The molecule has 0 aromatic heterocycles. The van der Waals surface area contributed by atoms with Crippen molar-refractivity contribution in [1.29, 1.82) is 0 Å². The quantitative estimate of drug-likeness (QED) is 0.607. The Kier molecular flexibility index (Phi) is 6.44. The summed E-state index contributed by atoms with van der Waals surface area (Å²) in [5.41, 5.74) is 3.46. The van der Waals surface area contributed by atoms with Gasteiger partial charge in [-0.25, -0.2) is 0 Å². The molecule has 0 aliphatic carbocycles. The Labute approximate surface area is 119 Å². The van der Waals surface area contributed by atoms with Crippen LogP contribution in [0.2, 0.25) is 0 Å². The average Bonchev–Trinajstić information content (AvgIpc) is 2.33. The van der Waals surface area contributed by atoms with E-state index in [-0.39, 0.29) is 0 Å². The van der Waals surface area contributed by atoms with Gasteiger partial charge in [-0.1, -0.05) is 29.4 Å². The van der Waals surface area contributed by atoms with Gasteiger partial charge in [0.1, 0.15) is 12.4 Å². The zero-order chi connectivity index (χ0) is 13.5. The van der Waals surface area contributed by atoms with Crippen molar-refractivity contribution < 1.29 is 4.74 Å². The van der Waals surface area contributed by atoms with Crippen molar-refractivity contribution in [3.63, 3.8) is 0 Å². The van der Waals surface area contributed by atoms with E-state index in [1.165, 1.54) is 11.1 Å². The van der Waals surface area contributed by atoms with Crippen LogP contribution in [0.25, 0.3) is 0 Å². The molecular weight excluding hydrogens is 290 g/mol. The van der Waals surface area contributed by atoms with Crippen LogP contribution in [-0.4, -0.2) is 19.7 Å². The fraction of sp³-hybridized carbons (Fsp3) is 0.467. The van der Waals surface area contributed by atoms with Crippen molar-refractivity contribution >= 4 is 15.9 Å². The van der Waals surface area contributed by atoms with Gasteiger partial charge in [0.2, 0.25) is 0 Å². The van der Waals surface area contributed by atoms with Crippen LogP contribution in [0, 0.1) is 13.8 Å². The van der Waals surface area contributed by atoms with Crippen LogP contribution in [0.1, 0.15) is 24.5 Å². The highest BCUT2D eigenvalue weighted by Crippen LogP contribution is 2.26. The normalized spacial score (nSPS) is 10.4. The summed E-state index contributed by atoms with van der Waals surface area (Å²) >= 11 is 3.55. The van der Waals surface area contributed by atoms with Crippen molar-refractivity contribution in [2.24, 2.45) is 0 Å². The molecule has 1 N–H and O–H groups in total. The van der Waals surface area contributed by atoms with Gasteiger partial charge in [-0.3, -0.25) is 0 Å². The minimum atomic E-state index is 0.567. The van der Waals surface area contributed by atoms with Gasteiger partial charge in [0.25, 0.3) is 0 Å². The van der Waals surface area contributed by atoms with E-state index in [9.17, 15) is 0 Å². The van der Waals surface area contributed by atoms with E-state index in [1.807, 2.05) is 12.1 Å². The van der Waals surface area contributed by atoms with Crippen LogP contribution in [0.3, 0.4) is 0 Å². The zero-order valence-corrected chi connectivity index (χ0v) is 13.1. The van der Waals surface area contributed by atoms with E-state index in [1.54, 1.807) is 0 Å². The Morgan fingerprint density at radius 3 is 2.50 bits per heavy atom. The zero-order valence-electron chi connectivity index (χ0n) is 11.5. The van der Waals surface area contributed by atoms with Crippen molar-refractivity contribution in [2.45, 2.75) is 27.2 Å². The Morgan fingerprint density at radius 2 is 1.94 bits per heavy atom.